The minimum atomic E-state index is -0.916. The number of benzene rings is 3. The van der Waals surface area contributed by atoms with E-state index in [0.29, 0.717) is 40.7 Å². The van der Waals surface area contributed by atoms with Gasteiger partial charge in [0.15, 0.2) is 5.82 Å². The topological polar surface area (TPSA) is 71.0 Å². The molecule has 4 atom stereocenters. The SMILES string of the molecule is C#Cc1c(F)ccc2cc(O)cc(-c3cc4c5c(nc(OC[C@@]67CCCN6C[C@H](F)C7)nc5c3F)N(C)C3CCC[C@H]3O4)c12. The number of ether oxygens (including phenoxy) is 2. The lowest BCUT2D eigenvalue weighted by Gasteiger charge is -2.31. The van der Waals surface area contributed by atoms with Gasteiger partial charge in [0, 0.05) is 31.0 Å². The molecule has 44 heavy (non-hydrogen) atoms. The highest BCUT2D eigenvalue weighted by molar-refractivity contribution is 6.05. The van der Waals surface area contributed by atoms with E-state index in [1.165, 1.54) is 24.3 Å². The average Bonchev–Trinajstić information content (AvgIpc) is 3.69. The van der Waals surface area contributed by atoms with Crippen molar-refractivity contribution in [2.24, 2.45) is 0 Å². The highest BCUT2D eigenvalue weighted by Crippen LogP contribution is 2.47. The van der Waals surface area contributed by atoms with Crippen molar-refractivity contribution in [3.05, 3.63) is 47.5 Å². The molecule has 4 heterocycles. The van der Waals surface area contributed by atoms with Gasteiger partial charge in [0.25, 0.3) is 0 Å². The van der Waals surface area contributed by atoms with Crippen LogP contribution >= 0.6 is 0 Å². The van der Waals surface area contributed by atoms with E-state index in [-0.39, 0.29) is 52.7 Å². The van der Waals surface area contributed by atoms with Gasteiger partial charge in [0.05, 0.1) is 22.5 Å². The van der Waals surface area contributed by atoms with Gasteiger partial charge in [-0.15, -0.1) is 6.42 Å². The van der Waals surface area contributed by atoms with E-state index >= 15 is 4.39 Å². The summed E-state index contributed by atoms with van der Waals surface area (Å²) in [5.74, 6) is 1.83. The van der Waals surface area contributed by atoms with Gasteiger partial charge in [0.1, 0.15) is 47.5 Å². The van der Waals surface area contributed by atoms with Crippen LogP contribution in [0.15, 0.2) is 30.3 Å². The van der Waals surface area contributed by atoms with Crippen molar-refractivity contribution in [3.8, 4) is 41.0 Å². The summed E-state index contributed by atoms with van der Waals surface area (Å²) in [5, 5.41) is 11.8. The Balaban J connectivity index is 1.34. The number of alkyl halides is 1. The summed E-state index contributed by atoms with van der Waals surface area (Å²) in [4.78, 5) is 13.5. The average molecular weight is 601 g/mol. The van der Waals surface area contributed by atoms with Crippen LogP contribution < -0.4 is 14.4 Å². The third-order valence-corrected chi connectivity index (χ3v) is 10.1. The maximum absolute atomic E-state index is 16.9. The number of phenolic OH excluding ortho intramolecular Hbond substituents is 1. The Morgan fingerprint density at radius 3 is 2.84 bits per heavy atom. The molecular formula is C34H31F3N4O3. The van der Waals surface area contributed by atoms with Crippen molar-refractivity contribution in [1.82, 2.24) is 14.9 Å². The lowest BCUT2D eigenvalue weighted by atomic mass is 9.92. The number of likely N-dealkylation sites (N-methyl/N-ethyl adjacent to an activating group) is 1. The number of anilines is 1. The maximum atomic E-state index is 16.9. The van der Waals surface area contributed by atoms with Crippen LogP contribution in [0.1, 0.15) is 44.1 Å². The number of nitrogens with zero attached hydrogens (tertiary/aromatic N) is 4. The number of hydrogen-bond donors (Lipinski definition) is 1. The largest absolute Gasteiger partial charge is 0.508 e. The molecule has 0 spiro atoms. The van der Waals surface area contributed by atoms with Crippen molar-refractivity contribution in [3.63, 3.8) is 0 Å². The number of fused-ring (bicyclic) bond motifs is 3. The first-order chi connectivity index (χ1) is 21.3. The highest BCUT2D eigenvalue weighted by Gasteiger charge is 2.49. The Labute approximate surface area is 252 Å². The van der Waals surface area contributed by atoms with Crippen LogP contribution in [0.25, 0.3) is 32.8 Å². The minimum Gasteiger partial charge on any atom is -0.508 e. The zero-order valence-electron chi connectivity index (χ0n) is 24.2. The van der Waals surface area contributed by atoms with Crippen molar-refractivity contribution in [2.45, 2.75) is 62.4 Å². The van der Waals surface area contributed by atoms with Crippen LogP contribution in [-0.2, 0) is 0 Å². The van der Waals surface area contributed by atoms with Crippen LogP contribution in [0.2, 0.25) is 0 Å². The van der Waals surface area contributed by atoms with Gasteiger partial charge in [-0.2, -0.15) is 9.97 Å². The van der Waals surface area contributed by atoms with Crippen molar-refractivity contribution in [1.29, 1.82) is 0 Å². The summed E-state index contributed by atoms with van der Waals surface area (Å²) < 4.78 is 59.0. The molecule has 1 aliphatic carbocycles. The fourth-order valence-electron chi connectivity index (χ4n) is 8.05. The maximum Gasteiger partial charge on any atom is 0.319 e. The second kappa shape index (κ2) is 9.89. The van der Waals surface area contributed by atoms with E-state index in [4.69, 9.17) is 20.9 Å². The molecule has 1 saturated carbocycles. The van der Waals surface area contributed by atoms with Crippen molar-refractivity contribution in [2.75, 3.05) is 31.6 Å². The Morgan fingerprint density at radius 2 is 2.00 bits per heavy atom. The Kier molecular flexibility index (Phi) is 6.14. The van der Waals surface area contributed by atoms with Crippen LogP contribution in [0.4, 0.5) is 19.0 Å². The summed E-state index contributed by atoms with van der Waals surface area (Å²) in [5.41, 5.74) is -0.207. The van der Waals surface area contributed by atoms with Crippen LogP contribution in [0.5, 0.6) is 17.5 Å². The number of phenols is 1. The second-order valence-electron chi connectivity index (χ2n) is 12.6. The van der Waals surface area contributed by atoms with E-state index in [9.17, 15) is 13.9 Å². The summed E-state index contributed by atoms with van der Waals surface area (Å²) in [6.45, 7) is 1.40. The second-order valence-corrected chi connectivity index (χ2v) is 12.6. The molecule has 10 heteroatoms. The van der Waals surface area contributed by atoms with E-state index in [0.717, 1.165) is 38.6 Å². The molecule has 3 fully saturated rings. The first-order valence-electron chi connectivity index (χ1n) is 15.1. The van der Waals surface area contributed by atoms with Gasteiger partial charge in [-0.3, -0.25) is 4.90 Å². The van der Waals surface area contributed by atoms with Crippen LogP contribution in [0.3, 0.4) is 0 Å². The molecule has 226 valence electrons. The smallest absolute Gasteiger partial charge is 0.319 e. The number of aromatic hydroxyl groups is 1. The fourth-order valence-corrected chi connectivity index (χ4v) is 8.05. The van der Waals surface area contributed by atoms with E-state index < -0.39 is 23.3 Å². The zero-order chi connectivity index (χ0) is 30.3. The molecular weight excluding hydrogens is 569 g/mol. The molecule has 1 unspecified atom stereocenters. The van der Waals surface area contributed by atoms with Crippen LogP contribution in [-0.4, -0.2) is 70.6 Å². The quantitative estimate of drug-likeness (QED) is 0.283. The molecule has 0 bridgehead atoms. The van der Waals surface area contributed by atoms with Crippen LogP contribution in [0, 0.1) is 24.0 Å². The number of hydrogen-bond acceptors (Lipinski definition) is 7. The van der Waals surface area contributed by atoms with Gasteiger partial charge < -0.3 is 19.5 Å². The molecule has 1 aromatic heterocycles. The Hall–Kier alpha value is -4.23. The van der Waals surface area contributed by atoms with E-state index in [2.05, 4.69) is 15.8 Å². The van der Waals surface area contributed by atoms with Gasteiger partial charge in [0.2, 0.25) is 0 Å². The summed E-state index contributed by atoms with van der Waals surface area (Å²) in [6.07, 6.45) is 9.46. The number of terminal acetylenes is 1. The first kappa shape index (κ1) is 27.3. The van der Waals surface area contributed by atoms with E-state index in [1.807, 2.05) is 11.9 Å². The number of halogens is 3. The summed E-state index contributed by atoms with van der Waals surface area (Å²) in [7, 11) is 1.92. The van der Waals surface area contributed by atoms with Gasteiger partial charge >= 0.3 is 6.01 Å². The van der Waals surface area contributed by atoms with Crippen molar-refractivity contribution >= 4 is 27.5 Å². The predicted octanol–water partition coefficient (Wildman–Crippen LogP) is 6.12. The molecule has 3 aliphatic heterocycles. The highest BCUT2D eigenvalue weighted by atomic mass is 19.1. The lowest BCUT2D eigenvalue weighted by molar-refractivity contribution is 0.107. The standard InChI is InChI=1S/C34H31F3N4O3/c1-3-21-24(36)9-8-18-12-20(42)13-22(28(18)21)23-14-27-29-31(30(23)37)38-33(39-32(29)40(2)25-6-4-7-26(25)44-27)43-17-34-10-5-11-41(34)16-19(35)15-34/h1,8-9,12-14,19,25-26,42H,4-7,10-11,15-17H2,2H3/t19-,25?,26-,34+/m1/s1. The molecule has 8 rings (SSSR count). The molecule has 4 aliphatic rings. The monoisotopic (exact) mass is 600 g/mol. The van der Waals surface area contributed by atoms with Gasteiger partial charge in [-0.25, -0.2) is 13.2 Å². The third kappa shape index (κ3) is 4.02. The zero-order valence-corrected chi connectivity index (χ0v) is 24.2. The normalized spacial score (nSPS) is 26.0. The third-order valence-electron chi connectivity index (χ3n) is 10.1. The number of rotatable bonds is 4. The molecule has 4 aromatic rings. The molecule has 2 saturated heterocycles. The van der Waals surface area contributed by atoms with Gasteiger partial charge in [-0.05, 0) is 73.9 Å². The van der Waals surface area contributed by atoms with Gasteiger partial charge in [-0.1, -0.05) is 12.0 Å². The molecule has 0 radical (unpaired) electrons. The summed E-state index contributed by atoms with van der Waals surface area (Å²) >= 11 is 0. The van der Waals surface area contributed by atoms with E-state index in [1.54, 1.807) is 6.07 Å². The number of aromatic nitrogens is 2. The molecule has 7 nitrogen and oxygen atoms in total. The Morgan fingerprint density at radius 1 is 1.14 bits per heavy atom. The minimum absolute atomic E-state index is 0.00236. The Bertz CT molecular complexity index is 1890. The predicted molar refractivity (Wildman–Crippen MR) is 161 cm³/mol. The molecule has 3 aromatic carbocycles. The summed E-state index contributed by atoms with van der Waals surface area (Å²) in [6, 6.07) is 7.15. The fraction of sp³-hybridized carbons (Fsp3) is 0.412. The molecule has 1 N–H and O–H groups in total. The lowest BCUT2D eigenvalue weighted by Crippen LogP contribution is -2.43. The first-order valence-corrected chi connectivity index (χ1v) is 15.1. The van der Waals surface area contributed by atoms with Crippen molar-refractivity contribution < 1.29 is 27.8 Å². The molecule has 0 amide bonds.